The van der Waals surface area contributed by atoms with E-state index in [0.29, 0.717) is 31.1 Å². The molecule has 3 heterocycles. The van der Waals surface area contributed by atoms with Crippen LogP contribution in [0.3, 0.4) is 0 Å². The number of aromatic nitrogens is 1. The Morgan fingerprint density at radius 1 is 1.30 bits per heavy atom. The van der Waals surface area contributed by atoms with Crippen LogP contribution in [-0.2, 0) is 9.53 Å². The Bertz CT molecular complexity index is 585. The summed E-state index contributed by atoms with van der Waals surface area (Å²) in [4.78, 5) is 20.8. The molecule has 0 aliphatic carbocycles. The Kier molecular flexibility index (Phi) is 5.09. The summed E-state index contributed by atoms with van der Waals surface area (Å²) < 4.78 is 5.29. The van der Waals surface area contributed by atoms with Gasteiger partial charge in [0.15, 0.2) is 0 Å². The zero-order valence-electron chi connectivity index (χ0n) is 13.3. The van der Waals surface area contributed by atoms with E-state index in [-0.39, 0.29) is 5.91 Å². The maximum atomic E-state index is 12.3. The lowest BCUT2D eigenvalue weighted by Gasteiger charge is -2.34. The van der Waals surface area contributed by atoms with Crippen molar-refractivity contribution in [2.24, 2.45) is 5.92 Å². The molecule has 0 spiro atoms. The molecule has 122 valence electrons. The van der Waals surface area contributed by atoms with Crippen molar-refractivity contribution in [1.82, 2.24) is 9.88 Å². The van der Waals surface area contributed by atoms with Gasteiger partial charge < -0.3 is 14.5 Å². The molecule has 1 amide bonds. The van der Waals surface area contributed by atoms with Crippen molar-refractivity contribution in [3.63, 3.8) is 0 Å². The minimum atomic E-state index is 0.261. The van der Waals surface area contributed by atoms with Crippen molar-refractivity contribution in [1.29, 1.82) is 5.26 Å². The Morgan fingerprint density at radius 3 is 2.74 bits per heavy atom. The highest BCUT2D eigenvalue weighted by atomic mass is 16.5. The molecule has 1 aromatic rings. The fraction of sp³-hybridized carbons (Fsp3) is 0.588. The van der Waals surface area contributed by atoms with Crippen molar-refractivity contribution in [3.8, 4) is 6.07 Å². The first kappa shape index (κ1) is 15.8. The molecule has 2 fully saturated rings. The second-order valence-corrected chi connectivity index (χ2v) is 6.14. The summed E-state index contributed by atoms with van der Waals surface area (Å²) in [7, 11) is 0. The quantitative estimate of drug-likeness (QED) is 0.844. The smallest absolute Gasteiger partial charge is 0.223 e. The van der Waals surface area contributed by atoms with Crippen molar-refractivity contribution in [3.05, 3.63) is 23.9 Å². The van der Waals surface area contributed by atoms with Crippen LogP contribution in [0.4, 0.5) is 5.82 Å². The van der Waals surface area contributed by atoms with Crippen LogP contribution >= 0.6 is 0 Å². The molecule has 0 N–H and O–H groups in total. The molecule has 0 aromatic carbocycles. The largest absolute Gasteiger partial charge is 0.378 e. The molecular formula is C17H22N4O2. The number of morpholine rings is 1. The van der Waals surface area contributed by atoms with E-state index in [9.17, 15) is 4.79 Å². The van der Waals surface area contributed by atoms with E-state index < -0.39 is 0 Å². The van der Waals surface area contributed by atoms with E-state index >= 15 is 0 Å². The van der Waals surface area contributed by atoms with Gasteiger partial charge in [-0.25, -0.2) is 4.98 Å². The second-order valence-electron chi connectivity index (χ2n) is 6.14. The molecule has 0 atom stereocenters. The molecular weight excluding hydrogens is 292 g/mol. The standard InChI is InChI=1S/C17H22N4O2/c18-13-15-1-4-19-16(11-15)20-5-2-14(3-6-20)12-17(22)21-7-9-23-10-8-21/h1,4,11,14H,2-3,5-10,12H2. The number of nitriles is 1. The first-order valence-electron chi connectivity index (χ1n) is 8.23. The second kappa shape index (κ2) is 7.42. The van der Waals surface area contributed by atoms with Gasteiger partial charge in [-0.05, 0) is 30.9 Å². The Balaban J connectivity index is 1.50. The van der Waals surface area contributed by atoms with E-state index in [1.54, 1.807) is 12.3 Å². The van der Waals surface area contributed by atoms with Crippen LogP contribution in [0.25, 0.3) is 0 Å². The highest BCUT2D eigenvalue weighted by molar-refractivity contribution is 5.76. The summed E-state index contributed by atoms with van der Waals surface area (Å²) in [6, 6.07) is 5.70. The fourth-order valence-electron chi connectivity index (χ4n) is 3.22. The highest BCUT2D eigenvalue weighted by Crippen LogP contribution is 2.25. The van der Waals surface area contributed by atoms with Gasteiger partial charge in [-0.2, -0.15) is 5.26 Å². The Morgan fingerprint density at radius 2 is 2.04 bits per heavy atom. The lowest BCUT2D eigenvalue weighted by atomic mass is 9.93. The van der Waals surface area contributed by atoms with Gasteiger partial charge in [0, 0.05) is 38.8 Å². The van der Waals surface area contributed by atoms with E-state index in [2.05, 4.69) is 16.0 Å². The van der Waals surface area contributed by atoms with Crippen molar-refractivity contribution in [2.45, 2.75) is 19.3 Å². The summed E-state index contributed by atoms with van der Waals surface area (Å²) in [6.07, 6.45) is 4.31. The van der Waals surface area contributed by atoms with Gasteiger partial charge in [-0.15, -0.1) is 0 Å². The van der Waals surface area contributed by atoms with Crippen LogP contribution in [-0.4, -0.2) is 55.2 Å². The fourth-order valence-corrected chi connectivity index (χ4v) is 3.22. The van der Waals surface area contributed by atoms with Gasteiger partial charge in [0.1, 0.15) is 5.82 Å². The average Bonchev–Trinajstić information content (AvgIpc) is 2.63. The van der Waals surface area contributed by atoms with Gasteiger partial charge in [-0.3, -0.25) is 4.79 Å². The topological polar surface area (TPSA) is 69.5 Å². The average molecular weight is 314 g/mol. The van der Waals surface area contributed by atoms with Gasteiger partial charge >= 0.3 is 0 Å². The first-order chi connectivity index (χ1) is 11.3. The SMILES string of the molecule is N#Cc1ccnc(N2CCC(CC(=O)N3CCOCC3)CC2)c1. The van der Waals surface area contributed by atoms with Gasteiger partial charge in [0.05, 0.1) is 24.8 Å². The number of hydrogen-bond acceptors (Lipinski definition) is 5. The van der Waals surface area contributed by atoms with Gasteiger partial charge in [-0.1, -0.05) is 0 Å². The van der Waals surface area contributed by atoms with Crippen LogP contribution < -0.4 is 4.90 Å². The minimum absolute atomic E-state index is 0.261. The van der Waals surface area contributed by atoms with Crippen molar-refractivity contribution in [2.75, 3.05) is 44.3 Å². The molecule has 0 saturated carbocycles. The molecule has 0 radical (unpaired) electrons. The summed E-state index contributed by atoms with van der Waals surface area (Å²) in [5, 5.41) is 8.98. The molecule has 3 rings (SSSR count). The molecule has 0 bridgehead atoms. The molecule has 6 nitrogen and oxygen atoms in total. The molecule has 2 aliphatic rings. The molecule has 6 heteroatoms. The number of piperidine rings is 1. The number of anilines is 1. The molecule has 2 aliphatic heterocycles. The van der Waals surface area contributed by atoms with Gasteiger partial charge in [0.2, 0.25) is 5.91 Å². The number of amides is 1. The monoisotopic (exact) mass is 314 g/mol. The zero-order valence-corrected chi connectivity index (χ0v) is 13.3. The molecule has 23 heavy (non-hydrogen) atoms. The number of rotatable bonds is 3. The highest BCUT2D eigenvalue weighted by Gasteiger charge is 2.25. The normalized spacial score (nSPS) is 19.4. The minimum Gasteiger partial charge on any atom is -0.378 e. The number of ether oxygens (including phenoxy) is 1. The number of hydrogen-bond donors (Lipinski definition) is 0. The van der Waals surface area contributed by atoms with Crippen LogP contribution in [0, 0.1) is 17.2 Å². The van der Waals surface area contributed by atoms with Crippen molar-refractivity contribution >= 4 is 11.7 Å². The summed E-state index contributed by atoms with van der Waals surface area (Å²) >= 11 is 0. The molecule has 0 unspecified atom stereocenters. The zero-order chi connectivity index (χ0) is 16.1. The van der Waals surface area contributed by atoms with Crippen LogP contribution in [0.5, 0.6) is 0 Å². The summed E-state index contributed by atoms with van der Waals surface area (Å²) in [6.45, 7) is 4.55. The number of nitrogens with zero attached hydrogens (tertiary/aromatic N) is 4. The van der Waals surface area contributed by atoms with E-state index in [1.165, 1.54) is 0 Å². The third-order valence-corrected chi connectivity index (χ3v) is 4.64. The van der Waals surface area contributed by atoms with Gasteiger partial charge in [0.25, 0.3) is 0 Å². The lowest BCUT2D eigenvalue weighted by Crippen LogP contribution is -2.42. The maximum Gasteiger partial charge on any atom is 0.223 e. The van der Waals surface area contributed by atoms with E-state index in [0.717, 1.165) is 44.8 Å². The lowest BCUT2D eigenvalue weighted by molar-refractivity contribution is -0.136. The number of carbonyl (C=O) groups is 1. The predicted molar refractivity (Wildman–Crippen MR) is 85.9 cm³/mol. The summed E-state index contributed by atoms with van der Waals surface area (Å²) in [5.41, 5.74) is 0.639. The third-order valence-electron chi connectivity index (χ3n) is 4.64. The predicted octanol–water partition coefficient (Wildman–Crippen LogP) is 1.42. The van der Waals surface area contributed by atoms with Crippen LogP contribution in [0.2, 0.25) is 0 Å². The number of pyridine rings is 1. The third kappa shape index (κ3) is 3.99. The van der Waals surface area contributed by atoms with Crippen molar-refractivity contribution < 1.29 is 9.53 Å². The molecule has 2 saturated heterocycles. The van der Waals surface area contributed by atoms with Crippen LogP contribution in [0.15, 0.2) is 18.3 Å². The van der Waals surface area contributed by atoms with E-state index in [1.807, 2.05) is 11.0 Å². The first-order valence-corrected chi connectivity index (χ1v) is 8.23. The van der Waals surface area contributed by atoms with Crippen LogP contribution in [0.1, 0.15) is 24.8 Å². The molecule has 1 aromatic heterocycles. The van der Waals surface area contributed by atoms with E-state index in [4.69, 9.17) is 10.00 Å². The number of carbonyl (C=O) groups excluding carboxylic acids is 1. The Labute approximate surface area is 136 Å². The maximum absolute atomic E-state index is 12.3. The Hall–Kier alpha value is -2.13. The summed E-state index contributed by atoms with van der Waals surface area (Å²) in [5.74, 6) is 1.57.